The van der Waals surface area contributed by atoms with Crippen molar-refractivity contribution in [3.8, 4) is 5.75 Å². The summed E-state index contributed by atoms with van der Waals surface area (Å²) in [5.74, 6) is 1.23. The lowest BCUT2D eigenvalue weighted by Crippen LogP contribution is -2.02. The third-order valence-corrected chi connectivity index (χ3v) is 4.76. The smallest absolute Gasteiger partial charge is 0.345 e. The lowest BCUT2D eigenvalue weighted by atomic mass is 10.1. The molecule has 0 spiro atoms. The highest BCUT2D eigenvalue weighted by atomic mass is 32.1. The number of nitrogens with zero attached hydrogens (tertiary/aromatic N) is 2. The van der Waals surface area contributed by atoms with Gasteiger partial charge >= 0.3 is 5.97 Å². The fraction of sp³-hybridized carbons (Fsp3) is 0.235. The normalized spacial score (nSPS) is 10.8. The molecule has 3 rings (SSSR count). The molecule has 7 heteroatoms. The Hall–Kier alpha value is -2.67. The molecule has 0 aliphatic rings. The quantitative estimate of drug-likeness (QED) is 0.715. The maximum atomic E-state index is 11.2. The summed E-state index contributed by atoms with van der Waals surface area (Å²) in [7, 11) is 3.42. The first-order valence-electron chi connectivity index (χ1n) is 7.45. The first-order chi connectivity index (χ1) is 11.6. The Kier molecular flexibility index (Phi) is 4.61. The van der Waals surface area contributed by atoms with E-state index in [-0.39, 0.29) is 4.88 Å². The van der Waals surface area contributed by atoms with E-state index in [1.165, 1.54) is 11.3 Å². The molecule has 24 heavy (non-hydrogen) atoms. The minimum absolute atomic E-state index is 0.265. The minimum atomic E-state index is -0.946. The van der Waals surface area contributed by atoms with Crippen molar-refractivity contribution in [1.82, 2.24) is 9.97 Å². The van der Waals surface area contributed by atoms with E-state index in [4.69, 9.17) is 9.84 Å². The zero-order valence-electron chi connectivity index (χ0n) is 13.4. The molecule has 0 unspecified atom stereocenters. The Morgan fingerprint density at radius 1 is 1.29 bits per heavy atom. The number of fused-ring (bicyclic) bond motifs is 1. The van der Waals surface area contributed by atoms with Crippen LogP contribution in [0.3, 0.4) is 0 Å². The van der Waals surface area contributed by atoms with Crippen LogP contribution in [0.2, 0.25) is 0 Å². The van der Waals surface area contributed by atoms with Crippen molar-refractivity contribution in [3.63, 3.8) is 0 Å². The number of carboxylic acid groups (broad SMARTS) is 1. The molecule has 2 aromatic heterocycles. The molecule has 0 bridgehead atoms. The van der Waals surface area contributed by atoms with Crippen LogP contribution in [0.4, 0.5) is 5.82 Å². The number of ether oxygens (including phenoxy) is 1. The second-order valence-electron chi connectivity index (χ2n) is 5.22. The molecule has 0 fully saturated rings. The summed E-state index contributed by atoms with van der Waals surface area (Å²) >= 11 is 1.18. The largest absolute Gasteiger partial charge is 0.497 e. The molecule has 0 saturated heterocycles. The molecule has 2 N–H and O–H groups in total. The number of aromatic nitrogens is 2. The Balaban J connectivity index is 1.87. The van der Waals surface area contributed by atoms with Crippen molar-refractivity contribution in [2.45, 2.75) is 12.8 Å². The van der Waals surface area contributed by atoms with Gasteiger partial charge in [0.2, 0.25) is 0 Å². The van der Waals surface area contributed by atoms with Crippen LogP contribution >= 0.6 is 11.3 Å². The van der Waals surface area contributed by atoms with Gasteiger partial charge < -0.3 is 15.2 Å². The van der Waals surface area contributed by atoms with Crippen molar-refractivity contribution < 1.29 is 14.6 Å². The summed E-state index contributed by atoms with van der Waals surface area (Å²) in [6, 6.07) is 9.48. The molecular weight excluding hydrogens is 326 g/mol. The van der Waals surface area contributed by atoms with Gasteiger partial charge in [0.1, 0.15) is 22.3 Å². The van der Waals surface area contributed by atoms with Gasteiger partial charge in [-0.15, -0.1) is 11.3 Å². The number of anilines is 1. The number of benzene rings is 1. The van der Waals surface area contributed by atoms with Crippen LogP contribution in [0.1, 0.15) is 21.1 Å². The standard InChI is InChI=1S/C17H17N3O3S/c1-18-16-15-12(9-13(24-15)17(21)22)19-14(20-16)7-6-10-4-3-5-11(8-10)23-2/h3-5,8-9H,6-7H2,1-2H3,(H,21,22)(H,18,19,20). The minimum Gasteiger partial charge on any atom is -0.497 e. The van der Waals surface area contributed by atoms with Crippen molar-refractivity contribution in [1.29, 1.82) is 0 Å². The maximum absolute atomic E-state index is 11.2. The van der Waals surface area contributed by atoms with E-state index in [1.807, 2.05) is 24.3 Å². The number of hydrogen-bond donors (Lipinski definition) is 2. The van der Waals surface area contributed by atoms with Crippen LogP contribution in [-0.2, 0) is 12.8 Å². The molecule has 1 aromatic carbocycles. The van der Waals surface area contributed by atoms with Crippen molar-refractivity contribution in [2.24, 2.45) is 0 Å². The molecule has 0 amide bonds. The van der Waals surface area contributed by atoms with Gasteiger partial charge in [-0.3, -0.25) is 0 Å². The number of nitrogens with one attached hydrogen (secondary N) is 1. The van der Waals surface area contributed by atoms with Gasteiger partial charge in [-0.25, -0.2) is 14.8 Å². The van der Waals surface area contributed by atoms with E-state index in [2.05, 4.69) is 15.3 Å². The van der Waals surface area contributed by atoms with Crippen LogP contribution < -0.4 is 10.1 Å². The third kappa shape index (κ3) is 3.30. The summed E-state index contributed by atoms with van der Waals surface area (Å²) < 4.78 is 5.99. The number of methoxy groups -OCH3 is 1. The van der Waals surface area contributed by atoms with E-state index in [1.54, 1.807) is 20.2 Å². The highest BCUT2D eigenvalue weighted by Crippen LogP contribution is 2.30. The molecular formula is C17H17N3O3S. The lowest BCUT2D eigenvalue weighted by molar-refractivity contribution is 0.0702. The Labute approximate surface area is 143 Å². The highest BCUT2D eigenvalue weighted by Gasteiger charge is 2.14. The highest BCUT2D eigenvalue weighted by molar-refractivity contribution is 7.21. The van der Waals surface area contributed by atoms with Gasteiger partial charge in [-0.1, -0.05) is 12.1 Å². The zero-order valence-corrected chi connectivity index (χ0v) is 14.2. The number of hydrogen-bond acceptors (Lipinski definition) is 6. The second-order valence-corrected chi connectivity index (χ2v) is 6.27. The van der Waals surface area contributed by atoms with Crippen LogP contribution in [0.5, 0.6) is 5.75 Å². The molecule has 0 atom stereocenters. The van der Waals surface area contributed by atoms with Crippen LogP contribution in [-0.4, -0.2) is 35.2 Å². The number of carbonyl (C=O) groups is 1. The van der Waals surface area contributed by atoms with Gasteiger partial charge in [0.05, 0.1) is 17.3 Å². The van der Waals surface area contributed by atoms with E-state index < -0.39 is 5.97 Å². The summed E-state index contributed by atoms with van der Waals surface area (Å²) in [5, 5.41) is 12.2. The fourth-order valence-corrected chi connectivity index (χ4v) is 3.38. The Bertz CT molecular complexity index is 892. The monoisotopic (exact) mass is 343 g/mol. The average molecular weight is 343 g/mol. The van der Waals surface area contributed by atoms with Gasteiger partial charge in [0, 0.05) is 13.5 Å². The lowest BCUT2D eigenvalue weighted by Gasteiger charge is -2.06. The summed E-state index contributed by atoms with van der Waals surface area (Å²) in [5.41, 5.74) is 1.80. The number of carboxylic acids is 1. The third-order valence-electron chi connectivity index (χ3n) is 3.64. The van der Waals surface area contributed by atoms with Gasteiger partial charge in [-0.05, 0) is 30.2 Å². The molecule has 0 aliphatic carbocycles. The topological polar surface area (TPSA) is 84.3 Å². The number of thiophene rings is 1. The predicted octanol–water partition coefficient (Wildman–Crippen LogP) is 3.23. The first-order valence-corrected chi connectivity index (χ1v) is 8.27. The summed E-state index contributed by atoms with van der Waals surface area (Å²) in [4.78, 5) is 20.4. The van der Waals surface area contributed by atoms with Gasteiger partial charge in [-0.2, -0.15) is 0 Å². The number of rotatable bonds is 6. The van der Waals surface area contributed by atoms with Gasteiger partial charge in [0.25, 0.3) is 0 Å². The fourth-order valence-electron chi connectivity index (χ4n) is 2.45. The van der Waals surface area contributed by atoms with Crippen molar-refractivity contribution in [2.75, 3.05) is 19.5 Å². The van der Waals surface area contributed by atoms with Crippen LogP contribution in [0, 0.1) is 0 Å². The van der Waals surface area contributed by atoms with Crippen molar-refractivity contribution in [3.05, 3.63) is 46.6 Å². The first kappa shape index (κ1) is 16.2. The summed E-state index contributed by atoms with van der Waals surface area (Å²) in [6.07, 6.45) is 1.44. The zero-order chi connectivity index (χ0) is 17.1. The van der Waals surface area contributed by atoms with E-state index in [9.17, 15) is 4.79 Å². The van der Waals surface area contributed by atoms with E-state index in [0.29, 0.717) is 23.6 Å². The number of aromatic carboxylic acids is 1. The molecule has 3 aromatic rings. The Morgan fingerprint density at radius 2 is 2.12 bits per heavy atom. The predicted molar refractivity (Wildman–Crippen MR) is 94.3 cm³/mol. The van der Waals surface area contributed by atoms with Crippen molar-refractivity contribution >= 4 is 33.3 Å². The van der Waals surface area contributed by atoms with E-state index in [0.717, 1.165) is 22.4 Å². The molecule has 0 saturated carbocycles. The molecule has 124 valence electrons. The molecule has 0 aliphatic heterocycles. The average Bonchev–Trinajstić information content (AvgIpc) is 3.04. The SMILES string of the molecule is CNc1nc(CCc2cccc(OC)c2)nc2cc(C(=O)O)sc12. The molecule has 2 heterocycles. The van der Waals surface area contributed by atoms with Crippen LogP contribution in [0.15, 0.2) is 30.3 Å². The van der Waals surface area contributed by atoms with E-state index >= 15 is 0 Å². The molecule has 0 radical (unpaired) electrons. The van der Waals surface area contributed by atoms with Crippen LogP contribution in [0.25, 0.3) is 10.2 Å². The van der Waals surface area contributed by atoms with Gasteiger partial charge in [0.15, 0.2) is 0 Å². The summed E-state index contributed by atoms with van der Waals surface area (Å²) in [6.45, 7) is 0. The molecule has 6 nitrogen and oxygen atoms in total. The maximum Gasteiger partial charge on any atom is 0.345 e. The second kappa shape index (κ2) is 6.84. The Morgan fingerprint density at radius 3 is 2.83 bits per heavy atom. The number of aryl methyl sites for hydroxylation is 2.